The second kappa shape index (κ2) is 9.73. The van der Waals surface area contributed by atoms with Gasteiger partial charge in [-0.25, -0.2) is 4.39 Å². The van der Waals surface area contributed by atoms with E-state index in [2.05, 4.69) is 5.32 Å². The summed E-state index contributed by atoms with van der Waals surface area (Å²) >= 11 is 0. The van der Waals surface area contributed by atoms with Gasteiger partial charge in [0.2, 0.25) is 0 Å². The molecule has 7 heteroatoms. The Bertz CT molecular complexity index is 853. The average Bonchev–Trinajstić information content (AvgIpc) is 2.68. The first-order chi connectivity index (χ1) is 13.3. The summed E-state index contributed by atoms with van der Waals surface area (Å²) in [5.41, 5.74) is 1.58. The number of anilines is 1. The minimum Gasteiger partial charge on any atom is -0.493 e. The van der Waals surface area contributed by atoms with E-state index in [-0.39, 0.29) is 6.42 Å². The number of aryl methyl sites for hydroxylation is 2. The summed E-state index contributed by atoms with van der Waals surface area (Å²) < 4.78 is 29.3. The number of nitrogens with one attached hydrogen (secondary N) is 1. The monoisotopic (exact) mass is 389 g/mol. The van der Waals surface area contributed by atoms with E-state index in [1.165, 1.54) is 27.2 Å². The van der Waals surface area contributed by atoms with Gasteiger partial charge in [0.25, 0.3) is 5.91 Å². The van der Waals surface area contributed by atoms with Crippen LogP contribution in [0.2, 0.25) is 0 Å². The number of ether oxygens (including phenoxy) is 3. The number of hydrogen-bond donors (Lipinski definition) is 1. The lowest BCUT2D eigenvalue weighted by Crippen LogP contribution is -2.30. The highest BCUT2D eigenvalue weighted by molar-refractivity contribution is 5.95. The number of halogens is 1. The summed E-state index contributed by atoms with van der Waals surface area (Å²) in [6.45, 7) is 3.09. The third-order valence-corrected chi connectivity index (χ3v) is 4.20. The number of carbonyl (C=O) groups excluding carboxylic acids is 2. The van der Waals surface area contributed by atoms with Gasteiger partial charge in [-0.3, -0.25) is 9.59 Å². The maximum Gasteiger partial charge on any atom is 0.306 e. The zero-order chi connectivity index (χ0) is 20.7. The van der Waals surface area contributed by atoms with E-state index in [1.54, 1.807) is 31.2 Å². The Balaban J connectivity index is 1.90. The van der Waals surface area contributed by atoms with Gasteiger partial charge in [0, 0.05) is 12.1 Å². The van der Waals surface area contributed by atoms with Crippen LogP contribution in [0, 0.1) is 12.7 Å². The maximum absolute atomic E-state index is 13.6. The fourth-order valence-corrected chi connectivity index (χ4v) is 2.61. The van der Waals surface area contributed by atoms with Gasteiger partial charge in [0.1, 0.15) is 5.82 Å². The highest BCUT2D eigenvalue weighted by Crippen LogP contribution is 2.31. The highest BCUT2D eigenvalue weighted by Gasteiger charge is 2.19. The Morgan fingerprint density at radius 1 is 1.14 bits per heavy atom. The number of methoxy groups -OCH3 is 2. The van der Waals surface area contributed by atoms with Gasteiger partial charge in [-0.2, -0.15) is 0 Å². The number of esters is 1. The maximum atomic E-state index is 13.6. The molecule has 0 aromatic heterocycles. The van der Waals surface area contributed by atoms with Gasteiger partial charge in [-0.15, -0.1) is 0 Å². The second-order valence-electron chi connectivity index (χ2n) is 6.24. The van der Waals surface area contributed by atoms with Crippen LogP contribution in [0.1, 0.15) is 24.5 Å². The van der Waals surface area contributed by atoms with Crippen molar-refractivity contribution in [2.24, 2.45) is 0 Å². The summed E-state index contributed by atoms with van der Waals surface area (Å²) in [5.74, 6) is -0.343. The Morgan fingerprint density at radius 3 is 2.54 bits per heavy atom. The molecule has 0 radical (unpaired) electrons. The van der Waals surface area contributed by atoms with Gasteiger partial charge in [0.05, 0.1) is 14.2 Å². The smallest absolute Gasteiger partial charge is 0.306 e. The zero-order valence-corrected chi connectivity index (χ0v) is 16.4. The Kier molecular flexibility index (Phi) is 7.37. The van der Waals surface area contributed by atoms with Crippen LogP contribution >= 0.6 is 0 Å². The molecular weight excluding hydrogens is 365 g/mol. The topological polar surface area (TPSA) is 73.9 Å². The molecule has 2 aromatic carbocycles. The van der Waals surface area contributed by atoms with E-state index in [0.29, 0.717) is 29.2 Å². The molecule has 0 saturated carbocycles. The van der Waals surface area contributed by atoms with Crippen molar-refractivity contribution in [1.82, 2.24) is 0 Å². The van der Waals surface area contributed by atoms with Gasteiger partial charge in [0.15, 0.2) is 17.6 Å². The van der Waals surface area contributed by atoms with Crippen molar-refractivity contribution in [2.45, 2.75) is 32.8 Å². The van der Waals surface area contributed by atoms with Crippen LogP contribution in [0.5, 0.6) is 11.5 Å². The number of rotatable bonds is 8. The average molecular weight is 389 g/mol. The molecule has 0 aliphatic heterocycles. The van der Waals surface area contributed by atoms with Crippen LogP contribution in [0.25, 0.3) is 0 Å². The number of benzene rings is 2. The van der Waals surface area contributed by atoms with Gasteiger partial charge < -0.3 is 19.5 Å². The summed E-state index contributed by atoms with van der Waals surface area (Å²) in [5, 5.41) is 2.53. The van der Waals surface area contributed by atoms with Crippen LogP contribution in [0.4, 0.5) is 10.1 Å². The molecule has 0 saturated heterocycles. The van der Waals surface area contributed by atoms with Crippen molar-refractivity contribution in [2.75, 3.05) is 19.5 Å². The highest BCUT2D eigenvalue weighted by atomic mass is 19.1. The lowest BCUT2D eigenvalue weighted by atomic mass is 10.1. The molecule has 2 aromatic rings. The first-order valence-corrected chi connectivity index (χ1v) is 8.82. The predicted molar refractivity (Wildman–Crippen MR) is 103 cm³/mol. The molecule has 150 valence electrons. The van der Waals surface area contributed by atoms with E-state index in [4.69, 9.17) is 14.2 Å². The Hall–Kier alpha value is -3.09. The molecule has 1 amide bonds. The molecule has 0 spiro atoms. The number of carbonyl (C=O) groups is 2. The molecule has 0 heterocycles. The largest absolute Gasteiger partial charge is 0.493 e. The predicted octanol–water partition coefficient (Wildman–Crippen LogP) is 3.65. The first kappa shape index (κ1) is 21.2. The molecule has 0 unspecified atom stereocenters. The van der Waals surface area contributed by atoms with E-state index in [0.717, 1.165) is 5.56 Å². The Labute approximate surface area is 163 Å². The summed E-state index contributed by atoms with van der Waals surface area (Å²) in [6, 6.07) is 9.76. The van der Waals surface area contributed by atoms with Crippen LogP contribution in [0.3, 0.4) is 0 Å². The van der Waals surface area contributed by atoms with Crippen molar-refractivity contribution in [3.63, 3.8) is 0 Å². The van der Waals surface area contributed by atoms with E-state index < -0.39 is 23.8 Å². The lowest BCUT2D eigenvalue weighted by molar-refractivity contribution is -0.153. The van der Waals surface area contributed by atoms with Crippen LogP contribution in [0.15, 0.2) is 36.4 Å². The number of amides is 1. The third-order valence-electron chi connectivity index (χ3n) is 4.20. The molecule has 0 aliphatic rings. The van der Waals surface area contributed by atoms with Gasteiger partial charge >= 0.3 is 5.97 Å². The summed E-state index contributed by atoms with van der Waals surface area (Å²) in [4.78, 5) is 24.3. The van der Waals surface area contributed by atoms with Crippen molar-refractivity contribution in [3.05, 3.63) is 53.3 Å². The zero-order valence-electron chi connectivity index (χ0n) is 16.4. The molecule has 0 fully saturated rings. The molecule has 6 nitrogen and oxygen atoms in total. The van der Waals surface area contributed by atoms with Crippen LogP contribution in [-0.2, 0) is 20.7 Å². The van der Waals surface area contributed by atoms with Crippen LogP contribution in [-0.4, -0.2) is 32.2 Å². The minimum atomic E-state index is -1.01. The minimum absolute atomic E-state index is 0.0697. The van der Waals surface area contributed by atoms with Gasteiger partial charge in [-0.1, -0.05) is 18.2 Å². The van der Waals surface area contributed by atoms with Crippen LogP contribution < -0.4 is 14.8 Å². The summed E-state index contributed by atoms with van der Waals surface area (Å²) in [6.07, 6.45) is -0.569. The standard InChI is InChI=1S/C21H24FNO5/c1-13-8-10-16(12-17(13)22)23-21(25)14(2)28-19(24)11-9-15-6-5-7-18(26-3)20(15)27-4/h5-8,10,12,14H,9,11H2,1-4H3,(H,23,25)/t14-/m0/s1. The van der Waals surface area contributed by atoms with E-state index >= 15 is 0 Å². The normalized spacial score (nSPS) is 11.5. The fraction of sp³-hybridized carbons (Fsp3) is 0.333. The first-order valence-electron chi connectivity index (χ1n) is 8.82. The van der Waals surface area contributed by atoms with Gasteiger partial charge in [-0.05, 0) is 49.6 Å². The second-order valence-corrected chi connectivity index (χ2v) is 6.24. The number of para-hydroxylation sites is 1. The number of hydrogen-bond acceptors (Lipinski definition) is 5. The quantitative estimate of drug-likeness (QED) is 0.698. The molecule has 0 aliphatic carbocycles. The van der Waals surface area contributed by atoms with Crippen molar-refractivity contribution in [1.29, 1.82) is 0 Å². The SMILES string of the molecule is COc1cccc(CCC(=O)O[C@@H](C)C(=O)Nc2ccc(C)c(F)c2)c1OC. The molecule has 1 N–H and O–H groups in total. The molecular formula is C21H24FNO5. The lowest BCUT2D eigenvalue weighted by Gasteiger charge is -2.15. The van der Waals surface area contributed by atoms with E-state index in [1.807, 2.05) is 6.07 Å². The molecule has 2 rings (SSSR count). The molecule has 28 heavy (non-hydrogen) atoms. The fourth-order valence-electron chi connectivity index (χ4n) is 2.61. The van der Waals surface area contributed by atoms with Crippen molar-refractivity contribution >= 4 is 17.6 Å². The molecule has 1 atom stereocenters. The Morgan fingerprint density at radius 2 is 1.89 bits per heavy atom. The van der Waals surface area contributed by atoms with E-state index in [9.17, 15) is 14.0 Å². The molecule has 0 bridgehead atoms. The van der Waals surface area contributed by atoms with Crippen molar-refractivity contribution < 1.29 is 28.2 Å². The third kappa shape index (κ3) is 5.45. The van der Waals surface area contributed by atoms with Crippen molar-refractivity contribution in [3.8, 4) is 11.5 Å². The summed E-state index contributed by atoms with van der Waals surface area (Å²) in [7, 11) is 3.07.